The number of amides is 1. The highest BCUT2D eigenvalue weighted by molar-refractivity contribution is 5.76. The first-order valence-electron chi connectivity index (χ1n) is 9.58. The molecule has 8 heteroatoms. The van der Waals surface area contributed by atoms with E-state index in [-0.39, 0.29) is 11.9 Å². The molecule has 0 aliphatic heterocycles. The number of aryl methyl sites for hydroxylation is 2. The molecule has 0 saturated heterocycles. The molecule has 0 radical (unpaired) electrons. The summed E-state index contributed by atoms with van der Waals surface area (Å²) < 4.78 is 12.4. The van der Waals surface area contributed by atoms with Gasteiger partial charge in [-0.25, -0.2) is 9.50 Å². The number of fused-ring (bicyclic) bond motifs is 1. The van der Waals surface area contributed by atoms with Crippen LogP contribution in [0.1, 0.15) is 37.2 Å². The number of nitrogens with one attached hydrogen (secondary N) is 1. The SMILES string of the molecule is COc1cc(OC)cc(-c2nc3nc(C)c(CCC(=O)NC(C)C)c(C)n3n2)c1. The Bertz CT molecular complexity index is 1020. The maximum atomic E-state index is 12.0. The Labute approximate surface area is 170 Å². The van der Waals surface area contributed by atoms with E-state index in [9.17, 15) is 4.79 Å². The molecule has 0 fully saturated rings. The fourth-order valence-electron chi connectivity index (χ4n) is 3.26. The van der Waals surface area contributed by atoms with Gasteiger partial charge >= 0.3 is 0 Å². The highest BCUT2D eigenvalue weighted by Gasteiger charge is 2.16. The van der Waals surface area contributed by atoms with Gasteiger partial charge in [0.05, 0.1) is 14.2 Å². The first-order valence-corrected chi connectivity index (χ1v) is 9.58. The number of ether oxygens (including phenoxy) is 2. The lowest BCUT2D eigenvalue weighted by molar-refractivity contribution is -0.121. The van der Waals surface area contributed by atoms with Crippen LogP contribution in [0, 0.1) is 13.8 Å². The number of rotatable bonds is 7. The number of hydrogen-bond acceptors (Lipinski definition) is 6. The maximum absolute atomic E-state index is 12.0. The lowest BCUT2D eigenvalue weighted by Gasteiger charge is -2.11. The normalized spacial score (nSPS) is 11.1. The third-order valence-corrected chi connectivity index (χ3v) is 4.71. The average molecular weight is 397 g/mol. The van der Waals surface area contributed by atoms with E-state index in [1.54, 1.807) is 24.8 Å². The van der Waals surface area contributed by atoms with Crippen LogP contribution >= 0.6 is 0 Å². The zero-order chi connectivity index (χ0) is 21.1. The zero-order valence-corrected chi connectivity index (χ0v) is 17.7. The van der Waals surface area contributed by atoms with Crippen molar-refractivity contribution in [1.82, 2.24) is 24.9 Å². The van der Waals surface area contributed by atoms with Crippen LogP contribution in [0.2, 0.25) is 0 Å². The Morgan fingerprint density at radius 2 is 1.76 bits per heavy atom. The summed E-state index contributed by atoms with van der Waals surface area (Å²) in [7, 11) is 3.21. The summed E-state index contributed by atoms with van der Waals surface area (Å²) in [4.78, 5) is 21.2. The van der Waals surface area contributed by atoms with Gasteiger partial charge in [0.2, 0.25) is 5.91 Å². The van der Waals surface area contributed by atoms with Crippen molar-refractivity contribution >= 4 is 11.7 Å². The summed E-state index contributed by atoms with van der Waals surface area (Å²) in [5.74, 6) is 2.41. The largest absolute Gasteiger partial charge is 0.497 e. The summed E-state index contributed by atoms with van der Waals surface area (Å²) in [5, 5.41) is 7.56. The van der Waals surface area contributed by atoms with Gasteiger partial charge in [0.1, 0.15) is 11.5 Å². The topological polar surface area (TPSA) is 90.6 Å². The molecule has 3 rings (SSSR count). The number of methoxy groups -OCH3 is 2. The molecule has 0 aliphatic carbocycles. The van der Waals surface area contributed by atoms with E-state index in [0.717, 1.165) is 22.5 Å². The lowest BCUT2D eigenvalue weighted by atomic mass is 10.1. The van der Waals surface area contributed by atoms with Gasteiger partial charge in [-0.15, -0.1) is 5.10 Å². The Balaban J connectivity index is 1.97. The van der Waals surface area contributed by atoms with Gasteiger partial charge < -0.3 is 14.8 Å². The summed E-state index contributed by atoms with van der Waals surface area (Å²) in [5.41, 5.74) is 3.57. The van der Waals surface area contributed by atoms with Crippen LogP contribution in [0.25, 0.3) is 17.2 Å². The van der Waals surface area contributed by atoms with E-state index in [4.69, 9.17) is 9.47 Å². The van der Waals surface area contributed by atoms with Crippen LogP contribution in [0.15, 0.2) is 18.2 Å². The minimum absolute atomic E-state index is 0.0293. The molecule has 2 aromatic heterocycles. The molecule has 154 valence electrons. The van der Waals surface area contributed by atoms with Gasteiger partial charge in [0.25, 0.3) is 5.78 Å². The monoisotopic (exact) mass is 397 g/mol. The molecule has 0 unspecified atom stereocenters. The molecule has 0 spiro atoms. The molecule has 2 heterocycles. The van der Waals surface area contributed by atoms with Gasteiger partial charge in [-0.2, -0.15) is 4.98 Å². The van der Waals surface area contributed by atoms with E-state index in [0.29, 0.717) is 35.9 Å². The second-order valence-corrected chi connectivity index (χ2v) is 7.23. The molecule has 0 bridgehead atoms. The van der Waals surface area contributed by atoms with Crippen LogP contribution in [-0.2, 0) is 11.2 Å². The van der Waals surface area contributed by atoms with Crippen LogP contribution in [0.5, 0.6) is 11.5 Å². The second-order valence-electron chi connectivity index (χ2n) is 7.23. The first kappa shape index (κ1) is 20.6. The summed E-state index contributed by atoms with van der Waals surface area (Å²) >= 11 is 0. The van der Waals surface area contributed by atoms with Crippen molar-refractivity contribution in [3.8, 4) is 22.9 Å². The van der Waals surface area contributed by atoms with Crippen molar-refractivity contribution < 1.29 is 14.3 Å². The van der Waals surface area contributed by atoms with E-state index < -0.39 is 0 Å². The van der Waals surface area contributed by atoms with Gasteiger partial charge in [0, 0.05) is 35.5 Å². The zero-order valence-electron chi connectivity index (χ0n) is 17.7. The van der Waals surface area contributed by atoms with E-state index in [1.807, 2.05) is 39.8 Å². The summed E-state index contributed by atoms with van der Waals surface area (Å²) in [6.45, 7) is 7.81. The number of hydrogen-bond donors (Lipinski definition) is 1. The number of aromatic nitrogens is 4. The Morgan fingerprint density at radius 1 is 1.10 bits per heavy atom. The molecule has 3 aromatic rings. The van der Waals surface area contributed by atoms with Gasteiger partial charge in [0.15, 0.2) is 5.82 Å². The molecule has 0 aliphatic rings. The highest BCUT2D eigenvalue weighted by Crippen LogP contribution is 2.28. The maximum Gasteiger partial charge on any atom is 0.253 e. The fourth-order valence-corrected chi connectivity index (χ4v) is 3.26. The number of carbonyl (C=O) groups excluding carboxylic acids is 1. The van der Waals surface area contributed by atoms with Crippen LogP contribution < -0.4 is 14.8 Å². The third kappa shape index (κ3) is 4.47. The number of benzene rings is 1. The predicted molar refractivity (Wildman–Crippen MR) is 110 cm³/mol. The molecule has 1 amide bonds. The summed E-state index contributed by atoms with van der Waals surface area (Å²) in [6, 6.07) is 5.64. The third-order valence-electron chi connectivity index (χ3n) is 4.71. The van der Waals surface area contributed by atoms with Crippen LogP contribution in [0.4, 0.5) is 0 Å². The molecule has 29 heavy (non-hydrogen) atoms. The van der Waals surface area contributed by atoms with E-state index in [1.165, 1.54) is 0 Å². The molecule has 0 saturated carbocycles. The number of carbonyl (C=O) groups is 1. The fraction of sp³-hybridized carbons (Fsp3) is 0.429. The smallest absolute Gasteiger partial charge is 0.253 e. The highest BCUT2D eigenvalue weighted by atomic mass is 16.5. The van der Waals surface area contributed by atoms with Gasteiger partial charge in [-0.3, -0.25) is 4.79 Å². The van der Waals surface area contributed by atoms with E-state index in [2.05, 4.69) is 20.4 Å². The van der Waals surface area contributed by atoms with Crippen molar-refractivity contribution in [3.05, 3.63) is 35.2 Å². The van der Waals surface area contributed by atoms with Crippen LogP contribution in [-0.4, -0.2) is 45.8 Å². The Hall–Kier alpha value is -3.16. The number of nitrogens with zero attached hydrogens (tertiary/aromatic N) is 4. The Morgan fingerprint density at radius 3 is 2.34 bits per heavy atom. The van der Waals surface area contributed by atoms with Crippen molar-refractivity contribution in [2.45, 2.75) is 46.6 Å². The Kier molecular flexibility index (Phi) is 6.00. The second kappa shape index (κ2) is 8.46. The summed E-state index contributed by atoms with van der Waals surface area (Å²) in [6.07, 6.45) is 1.00. The molecular weight excluding hydrogens is 370 g/mol. The minimum Gasteiger partial charge on any atom is -0.497 e. The standard InChI is InChI=1S/C21H27N5O3/c1-12(2)22-19(27)8-7-18-13(3)23-21-24-20(25-26(21)14(18)4)15-9-16(28-5)11-17(10-15)29-6/h9-12H,7-8H2,1-6H3,(H,22,27). The first-order chi connectivity index (χ1) is 13.8. The molecule has 8 nitrogen and oxygen atoms in total. The molecule has 1 aromatic carbocycles. The quantitative estimate of drug-likeness (QED) is 0.659. The van der Waals surface area contributed by atoms with Crippen molar-refractivity contribution in [2.75, 3.05) is 14.2 Å². The van der Waals surface area contributed by atoms with E-state index >= 15 is 0 Å². The molecular formula is C21H27N5O3. The van der Waals surface area contributed by atoms with Crippen molar-refractivity contribution in [1.29, 1.82) is 0 Å². The lowest BCUT2D eigenvalue weighted by Crippen LogP contribution is -2.30. The van der Waals surface area contributed by atoms with Crippen molar-refractivity contribution in [3.63, 3.8) is 0 Å². The van der Waals surface area contributed by atoms with Gasteiger partial charge in [-0.05, 0) is 51.8 Å². The predicted octanol–water partition coefficient (Wildman–Crippen LogP) is 2.88. The molecule has 0 atom stereocenters. The minimum atomic E-state index is 0.0293. The van der Waals surface area contributed by atoms with Crippen LogP contribution in [0.3, 0.4) is 0 Å². The average Bonchev–Trinajstić information content (AvgIpc) is 3.11. The molecule has 1 N–H and O–H groups in total. The van der Waals surface area contributed by atoms with Gasteiger partial charge in [-0.1, -0.05) is 0 Å². The van der Waals surface area contributed by atoms with Crippen molar-refractivity contribution in [2.24, 2.45) is 0 Å².